The lowest BCUT2D eigenvalue weighted by atomic mass is 9.80. The van der Waals surface area contributed by atoms with Gasteiger partial charge in [-0.15, -0.1) is 0 Å². The average Bonchev–Trinajstić information content (AvgIpc) is 3.49. The first-order valence-electron chi connectivity index (χ1n) is 15.2. The number of ether oxygens (including phenoxy) is 4. The van der Waals surface area contributed by atoms with E-state index in [2.05, 4.69) is 0 Å². The molecule has 0 saturated carbocycles. The average molecular weight is 699 g/mol. The van der Waals surface area contributed by atoms with E-state index in [-0.39, 0.29) is 26.5 Å². The SMILES string of the molecule is CC(C)(C)OC(=O)N1CC[C@@H](c2ccc(F)c(C(=O)NCc3c(C(F)(F)F)cccc3C(F)(F)F)c2)[C@@H](COc2ccc3c(c2)OCO3)C1. The lowest BCUT2D eigenvalue weighted by Crippen LogP contribution is -2.46. The van der Waals surface area contributed by atoms with E-state index in [1.165, 1.54) is 17.0 Å². The number of likely N-dealkylation sites (tertiary alicyclic amines) is 1. The van der Waals surface area contributed by atoms with Crippen LogP contribution >= 0.6 is 0 Å². The Morgan fingerprint density at radius 3 is 2.24 bits per heavy atom. The van der Waals surface area contributed by atoms with Crippen LogP contribution < -0.4 is 19.5 Å². The third kappa shape index (κ3) is 8.49. The van der Waals surface area contributed by atoms with Gasteiger partial charge in [0, 0.05) is 31.6 Å². The lowest BCUT2D eigenvalue weighted by molar-refractivity contribution is -0.144. The first-order chi connectivity index (χ1) is 22.9. The van der Waals surface area contributed by atoms with E-state index >= 15 is 4.39 Å². The number of fused-ring (bicyclic) bond motifs is 1. The van der Waals surface area contributed by atoms with Crippen LogP contribution in [0.5, 0.6) is 17.2 Å². The number of amides is 2. The Kier molecular flexibility index (Phi) is 9.94. The van der Waals surface area contributed by atoms with Gasteiger partial charge in [0.15, 0.2) is 11.5 Å². The topological polar surface area (TPSA) is 86.3 Å². The molecule has 0 bridgehead atoms. The molecule has 8 nitrogen and oxygen atoms in total. The van der Waals surface area contributed by atoms with E-state index in [1.54, 1.807) is 39.0 Å². The molecule has 2 aliphatic heterocycles. The summed E-state index contributed by atoms with van der Waals surface area (Å²) in [7, 11) is 0. The summed E-state index contributed by atoms with van der Waals surface area (Å²) in [4.78, 5) is 27.6. The molecule has 3 aromatic rings. The van der Waals surface area contributed by atoms with Crippen LogP contribution in [-0.4, -0.2) is 49.0 Å². The Morgan fingerprint density at radius 2 is 1.59 bits per heavy atom. The highest BCUT2D eigenvalue weighted by molar-refractivity contribution is 5.94. The monoisotopic (exact) mass is 698 g/mol. The summed E-state index contributed by atoms with van der Waals surface area (Å²) >= 11 is 0. The minimum atomic E-state index is -5.14. The quantitative estimate of drug-likeness (QED) is 0.252. The van der Waals surface area contributed by atoms with Crippen LogP contribution in [0.25, 0.3) is 0 Å². The largest absolute Gasteiger partial charge is 0.493 e. The van der Waals surface area contributed by atoms with Gasteiger partial charge in [0.05, 0.1) is 23.3 Å². The smallest absolute Gasteiger partial charge is 0.416 e. The molecule has 0 aromatic heterocycles. The van der Waals surface area contributed by atoms with Crippen molar-refractivity contribution in [3.05, 3.63) is 88.2 Å². The molecule has 0 aliphatic carbocycles. The molecule has 2 aliphatic rings. The van der Waals surface area contributed by atoms with Crippen molar-refractivity contribution in [3.8, 4) is 17.2 Å². The summed E-state index contributed by atoms with van der Waals surface area (Å²) in [5.41, 5.74) is -5.20. The molecule has 1 saturated heterocycles. The van der Waals surface area contributed by atoms with E-state index in [0.717, 1.165) is 6.07 Å². The van der Waals surface area contributed by atoms with Gasteiger partial charge in [-0.1, -0.05) is 12.1 Å². The maximum atomic E-state index is 15.0. The third-order valence-electron chi connectivity index (χ3n) is 8.07. The second kappa shape index (κ2) is 13.7. The van der Waals surface area contributed by atoms with Gasteiger partial charge in [-0.25, -0.2) is 9.18 Å². The number of benzene rings is 3. The summed E-state index contributed by atoms with van der Waals surface area (Å²) in [5, 5.41) is 2.04. The number of nitrogens with one attached hydrogen (secondary N) is 1. The molecular formula is C34H33F7N2O6. The molecule has 1 N–H and O–H groups in total. The number of carbonyl (C=O) groups is 2. The molecule has 2 amide bonds. The van der Waals surface area contributed by atoms with Gasteiger partial charge in [0.25, 0.3) is 5.91 Å². The summed E-state index contributed by atoms with van der Waals surface area (Å²) in [6.45, 7) is 4.57. The lowest BCUT2D eigenvalue weighted by Gasteiger charge is -2.39. The predicted octanol–water partition coefficient (Wildman–Crippen LogP) is 7.94. The normalized spacial score (nSPS) is 17.9. The second-order valence-corrected chi connectivity index (χ2v) is 12.7. The first-order valence-corrected chi connectivity index (χ1v) is 15.2. The standard InChI is InChI=1S/C34H33F7N2O6/c1-32(2,3)49-31(45)43-12-11-22(20(16-43)17-46-21-8-10-28-29(14-21)48-18-47-28)19-7-9-27(35)23(13-19)30(44)42-15-24-25(33(36,37)38)5-4-6-26(24)34(39,40)41/h4-10,13-14,20,22H,11-12,15-18H2,1-3H3,(H,42,44)/t20-,22+/m1/s1. The van der Waals surface area contributed by atoms with Crippen molar-refractivity contribution >= 4 is 12.0 Å². The zero-order chi connectivity index (χ0) is 35.7. The third-order valence-corrected chi connectivity index (χ3v) is 8.07. The number of rotatable bonds is 7. The molecule has 0 spiro atoms. The molecule has 1 fully saturated rings. The highest BCUT2D eigenvalue weighted by Gasteiger charge is 2.41. The van der Waals surface area contributed by atoms with Gasteiger partial charge in [-0.3, -0.25) is 4.79 Å². The van der Waals surface area contributed by atoms with Gasteiger partial charge in [0.1, 0.15) is 17.2 Å². The van der Waals surface area contributed by atoms with E-state index < -0.39 is 76.4 Å². The van der Waals surface area contributed by atoms with Crippen LogP contribution in [0.4, 0.5) is 35.5 Å². The van der Waals surface area contributed by atoms with Gasteiger partial charge in [0.2, 0.25) is 6.79 Å². The maximum absolute atomic E-state index is 15.0. The highest BCUT2D eigenvalue weighted by Crippen LogP contribution is 2.40. The van der Waals surface area contributed by atoms with E-state index in [9.17, 15) is 35.9 Å². The molecule has 2 atom stereocenters. The molecular weight excluding hydrogens is 665 g/mol. The molecule has 0 radical (unpaired) electrons. The molecule has 2 heterocycles. The fraction of sp³-hybridized carbons (Fsp3) is 0.412. The van der Waals surface area contributed by atoms with Gasteiger partial charge in [-0.05, 0) is 80.6 Å². The molecule has 0 unspecified atom stereocenters. The molecule has 3 aromatic carbocycles. The Balaban J connectivity index is 1.38. The first kappa shape index (κ1) is 35.6. The van der Waals surface area contributed by atoms with Crippen LogP contribution in [0.1, 0.15) is 65.7 Å². The van der Waals surface area contributed by atoms with Crippen molar-refractivity contribution in [2.24, 2.45) is 5.92 Å². The van der Waals surface area contributed by atoms with Crippen molar-refractivity contribution in [1.29, 1.82) is 0 Å². The zero-order valence-corrected chi connectivity index (χ0v) is 26.6. The van der Waals surface area contributed by atoms with Crippen LogP contribution in [0.15, 0.2) is 54.6 Å². The van der Waals surface area contributed by atoms with Crippen LogP contribution in [-0.2, 0) is 23.6 Å². The molecule has 49 heavy (non-hydrogen) atoms. The number of piperidine rings is 1. The van der Waals surface area contributed by atoms with Crippen LogP contribution in [0.3, 0.4) is 0 Å². The number of carbonyl (C=O) groups excluding carboxylic acids is 2. The Labute approximate surface area is 277 Å². The number of alkyl halides is 6. The summed E-state index contributed by atoms with van der Waals surface area (Å²) in [6, 6.07) is 10.2. The van der Waals surface area contributed by atoms with Gasteiger partial charge >= 0.3 is 18.4 Å². The van der Waals surface area contributed by atoms with Crippen molar-refractivity contribution in [2.75, 3.05) is 26.5 Å². The molecule has 264 valence electrons. The number of hydrogen-bond donors (Lipinski definition) is 1. The number of hydrogen-bond acceptors (Lipinski definition) is 6. The van der Waals surface area contributed by atoms with E-state index in [4.69, 9.17) is 18.9 Å². The molecule has 15 heteroatoms. The zero-order valence-electron chi connectivity index (χ0n) is 26.6. The summed E-state index contributed by atoms with van der Waals surface area (Å²) < 4.78 is 119. The van der Waals surface area contributed by atoms with Gasteiger partial charge < -0.3 is 29.2 Å². The number of nitrogens with zero attached hydrogens (tertiary/aromatic N) is 1. The molecule has 5 rings (SSSR count). The van der Waals surface area contributed by atoms with Crippen molar-refractivity contribution in [2.45, 2.75) is 57.6 Å². The fourth-order valence-electron chi connectivity index (χ4n) is 5.82. The van der Waals surface area contributed by atoms with Gasteiger partial charge in [-0.2, -0.15) is 26.3 Å². The Hall–Kier alpha value is -4.69. The van der Waals surface area contributed by atoms with Crippen molar-refractivity contribution in [3.63, 3.8) is 0 Å². The van der Waals surface area contributed by atoms with Crippen LogP contribution in [0, 0.1) is 11.7 Å². The minimum Gasteiger partial charge on any atom is -0.493 e. The Bertz CT molecular complexity index is 1670. The fourth-order valence-corrected chi connectivity index (χ4v) is 5.82. The summed E-state index contributed by atoms with van der Waals surface area (Å²) in [5.74, 6) is -1.56. The van der Waals surface area contributed by atoms with Crippen molar-refractivity contribution < 1.29 is 59.3 Å². The minimum absolute atomic E-state index is 0.0626. The summed E-state index contributed by atoms with van der Waals surface area (Å²) in [6.07, 6.45) is -10.5. The predicted molar refractivity (Wildman–Crippen MR) is 161 cm³/mol. The Morgan fingerprint density at radius 1 is 0.918 bits per heavy atom. The van der Waals surface area contributed by atoms with E-state index in [0.29, 0.717) is 47.4 Å². The van der Waals surface area contributed by atoms with Crippen molar-refractivity contribution in [1.82, 2.24) is 10.2 Å². The van der Waals surface area contributed by atoms with E-state index in [1.807, 2.05) is 5.32 Å². The second-order valence-electron chi connectivity index (χ2n) is 12.7. The number of halogens is 7. The maximum Gasteiger partial charge on any atom is 0.416 e. The van der Waals surface area contributed by atoms with Crippen LogP contribution in [0.2, 0.25) is 0 Å². The highest BCUT2D eigenvalue weighted by atomic mass is 19.4.